The Morgan fingerprint density at radius 1 is 1.15 bits per heavy atom. The Hall–Kier alpha value is -2.03. The van der Waals surface area contributed by atoms with Gasteiger partial charge in [-0.15, -0.1) is 0 Å². The van der Waals surface area contributed by atoms with Gasteiger partial charge in [0.05, 0.1) is 0 Å². The van der Waals surface area contributed by atoms with Gasteiger partial charge in [0.1, 0.15) is 18.2 Å². The molecule has 0 unspecified atom stereocenters. The fourth-order valence-corrected chi connectivity index (χ4v) is 2.16. The minimum Gasteiger partial charge on any atom is -0.489 e. The van der Waals surface area contributed by atoms with Crippen molar-refractivity contribution in [2.45, 2.75) is 33.3 Å². The molecule has 3 heteroatoms. The highest BCUT2D eigenvalue weighted by molar-refractivity contribution is 5.42. The predicted molar refractivity (Wildman–Crippen MR) is 80.4 cm³/mol. The standard InChI is InChI=1S/C17H20FNO/c1-11(2)16-5-4-12(3)6-17(16)20-10-13-7-14(18)9-15(19)8-13/h4-9,11H,10,19H2,1-3H3. The summed E-state index contributed by atoms with van der Waals surface area (Å²) in [5.41, 5.74) is 9.08. The number of nitrogen functional groups attached to an aromatic ring is 1. The van der Waals surface area contributed by atoms with Crippen LogP contribution in [0.3, 0.4) is 0 Å². The van der Waals surface area contributed by atoms with E-state index in [1.165, 1.54) is 12.1 Å². The summed E-state index contributed by atoms with van der Waals surface area (Å²) in [5.74, 6) is 0.892. The molecule has 0 amide bonds. The number of hydrogen-bond donors (Lipinski definition) is 1. The van der Waals surface area contributed by atoms with Crippen molar-refractivity contribution in [2.75, 3.05) is 5.73 Å². The van der Waals surface area contributed by atoms with E-state index < -0.39 is 0 Å². The van der Waals surface area contributed by atoms with E-state index in [1.54, 1.807) is 6.07 Å². The molecule has 2 rings (SSSR count). The number of hydrogen-bond acceptors (Lipinski definition) is 2. The van der Waals surface area contributed by atoms with Crippen LogP contribution in [0, 0.1) is 12.7 Å². The van der Waals surface area contributed by atoms with Crippen LogP contribution in [0.4, 0.5) is 10.1 Å². The van der Waals surface area contributed by atoms with Crippen LogP contribution < -0.4 is 10.5 Å². The number of aryl methyl sites for hydroxylation is 1. The summed E-state index contributed by atoms with van der Waals surface area (Å²) in [6, 6.07) is 10.6. The van der Waals surface area contributed by atoms with Crippen molar-refractivity contribution in [3.8, 4) is 5.75 Å². The summed E-state index contributed by atoms with van der Waals surface area (Å²) in [4.78, 5) is 0. The Morgan fingerprint density at radius 3 is 2.55 bits per heavy atom. The molecule has 0 aromatic heterocycles. The van der Waals surface area contributed by atoms with Gasteiger partial charge in [0.15, 0.2) is 0 Å². The first-order valence-electron chi connectivity index (χ1n) is 6.74. The van der Waals surface area contributed by atoms with Crippen molar-refractivity contribution in [3.05, 3.63) is 58.9 Å². The Morgan fingerprint density at radius 2 is 1.90 bits per heavy atom. The zero-order valence-electron chi connectivity index (χ0n) is 12.1. The van der Waals surface area contributed by atoms with E-state index in [2.05, 4.69) is 26.0 Å². The topological polar surface area (TPSA) is 35.2 Å². The molecule has 0 spiro atoms. The Bertz CT molecular complexity index is 588. The molecule has 2 aromatic carbocycles. The highest BCUT2D eigenvalue weighted by Crippen LogP contribution is 2.28. The fourth-order valence-electron chi connectivity index (χ4n) is 2.16. The first kappa shape index (κ1) is 14.4. The van der Waals surface area contributed by atoms with Crippen LogP contribution in [0.2, 0.25) is 0 Å². The molecule has 2 N–H and O–H groups in total. The van der Waals surface area contributed by atoms with Crippen molar-refractivity contribution in [1.29, 1.82) is 0 Å². The van der Waals surface area contributed by atoms with Crippen LogP contribution in [-0.4, -0.2) is 0 Å². The van der Waals surface area contributed by atoms with Gasteiger partial charge in [-0.25, -0.2) is 4.39 Å². The molecule has 0 fully saturated rings. The second-order valence-electron chi connectivity index (χ2n) is 5.38. The molecule has 0 radical (unpaired) electrons. The lowest BCUT2D eigenvalue weighted by Gasteiger charge is -2.15. The SMILES string of the molecule is Cc1ccc(C(C)C)c(OCc2cc(N)cc(F)c2)c1. The van der Waals surface area contributed by atoms with E-state index in [9.17, 15) is 4.39 Å². The molecular weight excluding hydrogens is 253 g/mol. The van der Waals surface area contributed by atoms with Gasteiger partial charge in [0.25, 0.3) is 0 Å². The predicted octanol–water partition coefficient (Wildman–Crippen LogP) is 4.42. The van der Waals surface area contributed by atoms with Crippen molar-refractivity contribution in [2.24, 2.45) is 0 Å². The van der Waals surface area contributed by atoms with E-state index in [0.29, 0.717) is 18.2 Å². The molecule has 20 heavy (non-hydrogen) atoms. The quantitative estimate of drug-likeness (QED) is 0.837. The monoisotopic (exact) mass is 273 g/mol. The van der Waals surface area contributed by atoms with Gasteiger partial charge >= 0.3 is 0 Å². The maximum Gasteiger partial charge on any atom is 0.125 e. The Kier molecular flexibility index (Phi) is 4.28. The Labute approximate surface area is 119 Å². The number of nitrogens with two attached hydrogens (primary N) is 1. The third-order valence-electron chi connectivity index (χ3n) is 3.17. The molecule has 0 saturated carbocycles. The lowest BCUT2D eigenvalue weighted by molar-refractivity contribution is 0.301. The molecule has 2 aromatic rings. The first-order chi connectivity index (χ1) is 9.45. The average molecular weight is 273 g/mol. The van der Waals surface area contributed by atoms with Gasteiger partial charge < -0.3 is 10.5 Å². The van der Waals surface area contributed by atoms with Crippen LogP contribution in [0.5, 0.6) is 5.75 Å². The Balaban J connectivity index is 2.20. The number of anilines is 1. The zero-order valence-corrected chi connectivity index (χ0v) is 12.1. The van der Waals surface area contributed by atoms with Crippen LogP contribution >= 0.6 is 0 Å². The van der Waals surface area contributed by atoms with Crippen LogP contribution in [0.15, 0.2) is 36.4 Å². The maximum absolute atomic E-state index is 13.3. The van der Waals surface area contributed by atoms with E-state index in [4.69, 9.17) is 10.5 Å². The van der Waals surface area contributed by atoms with Gasteiger partial charge in [-0.1, -0.05) is 26.0 Å². The lowest BCUT2D eigenvalue weighted by atomic mass is 10.0. The molecule has 106 valence electrons. The molecule has 0 aliphatic heterocycles. The molecule has 0 atom stereocenters. The van der Waals surface area contributed by atoms with Gasteiger partial charge in [-0.05, 0) is 53.8 Å². The number of halogens is 1. The van der Waals surface area contributed by atoms with Crippen LogP contribution in [0.25, 0.3) is 0 Å². The molecule has 0 heterocycles. The number of ether oxygens (including phenoxy) is 1. The summed E-state index contributed by atoms with van der Waals surface area (Å²) >= 11 is 0. The van der Waals surface area contributed by atoms with Gasteiger partial charge in [0, 0.05) is 5.69 Å². The molecule has 0 saturated heterocycles. The highest BCUT2D eigenvalue weighted by Gasteiger charge is 2.09. The summed E-state index contributed by atoms with van der Waals surface area (Å²) < 4.78 is 19.1. The van der Waals surface area contributed by atoms with E-state index in [0.717, 1.165) is 22.4 Å². The number of benzene rings is 2. The molecule has 0 bridgehead atoms. The van der Waals surface area contributed by atoms with Crippen molar-refractivity contribution >= 4 is 5.69 Å². The molecule has 0 aliphatic carbocycles. The summed E-state index contributed by atoms with van der Waals surface area (Å²) in [7, 11) is 0. The molecule has 2 nitrogen and oxygen atoms in total. The molecule has 0 aliphatic rings. The van der Waals surface area contributed by atoms with Gasteiger partial charge in [-0.3, -0.25) is 0 Å². The van der Waals surface area contributed by atoms with Gasteiger partial charge in [0.2, 0.25) is 0 Å². The first-order valence-corrected chi connectivity index (χ1v) is 6.74. The highest BCUT2D eigenvalue weighted by atomic mass is 19.1. The normalized spacial score (nSPS) is 10.8. The van der Waals surface area contributed by atoms with Gasteiger partial charge in [-0.2, -0.15) is 0 Å². The van der Waals surface area contributed by atoms with E-state index in [1.807, 2.05) is 13.0 Å². The third-order valence-corrected chi connectivity index (χ3v) is 3.17. The van der Waals surface area contributed by atoms with Crippen LogP contribution in [-0.2, 0) is 6.61 Å². The number of rotatable bonds is 4. The summed E-state index contributed by atoms with van der Waals surface area (Å²) in [6.45, 7) is 6.58. The van der Waals surface area contributed by atoms with E-state index >= 15 is 0 Å². The van der Waals surface area contributed by atoms with Crippen molar-refractivity contribution in [1.82, 2.24) is 0 Å². The minimum atomic E-state index is -0.336. The van der Waals surface area contributed by atoms with E-state index in [-0.39, 0.29) is 5.82 Å². The largest absolute Gasteiger partial charge is 0.489 e. The third kappa shape index (κ3) is 3.50. The second kappa shape index (κ2) is 5.95. The second-order valence-corrected chi connectivity index (χ2v) is 5.38. The maximum atomic E-state index is 13.3. The average Bonchev–Trinajstić information content (AvgIpc) is 2.35. The lowest BCUT2D eigenvalue weighted by Crippen LogP contribution is -2.01. The zero-order chi connectivity index (χ0) is 14.7. The minimum absolute atomic E-state index is 0.311. The van der Waals surface area contributed by atoms with Crippen molar-refractivity contribution in [3.63, 3.8) is 0 Å². The smallest absolute Gasteiger partial charge is 0.125 e. The summed E-state index contributed by atoms with van der Waals surface area (Å²) in [5, 5.41) is 0. The van der Waals surface area contributed by atoms with Crippen molar-refractivity contribution < 1.29 is 9.13 Å². The van der Waals surface area contributed by atoms with Crippen LogP contribution in [0.1, 0.15) is 36.5 Å². The fraction of sp³-hybridized carbons (Fsp3) is 0.294. The molecular formula is C17H20FNO. The summed E-state index contributed by atoms with van der Waals surface area (Å²) in [6.07, 6.45) is 0.